The number of amides is 1. The van der Waals surface area contributed by atoms with Crippen LogP contribution in [-0.2, 0) is 16.0 Å². The Morgan fingerprint density at radius 2 is 2.05 bits per heavy atom. The Morgan fingerprint density at radius 3 is 2.82 bits per heavy atom. The molecule has 3 unspecified atom stereocenters. The highest BCUT2D eigenvalue weighted by molar-refractivity contribution is 5.79. The summed E-state index contributed by atoms with van der Waals surface area (Å²) in [4.78, 5) is 14.9. The first-order chi connectivity index (χ1) is 10.6. The van der Waals surface area contributed by atoms with Crippen LogP contribution in [0.4, 0.5) is 4.39 Å². The average molecular weight is 305 g/mol. The second-order valence-electron chi connectivity index (χ2n) is 6.52. The molecule has 3 rings (SSSR count). The summed E-state index contributed by atoms with van der Waals surface area (Å²) in [5, 5.41) is 0. The van der Waals surface area contributed by atoms with Crippen LogP contribution >= 0.6 is 0 Å². The highest BCUT2D eigenvalue weighted by Crippen LogP contribution is 2.29. The Hall–Kier alpha value is -1.42. The minimum absolute atomic E-state index is 0.0777. The van der Waals surface area contributed by atoms with Gasteiger partial charge < -0.3 is 9.64 Å². The average Bonchev–Trinajstić information content (AvgIpc) is 2.55. The van der Waals surface area contributed by atoms with Crippen molar-refractivity contribution in [2.24, 2.45) is 5.92 Å². The van der Waals surface area contributed by atoms with Crippen LogP contribution < -0.4 is 0 Å². The molecule has 0 aromatic heterocycles. The zero-order valence-electron chi connectivity index (χ0n) is 13.1. The fourth-order valence-electron chi connectivity index (χ4n) is 3.71. The van der Waals surface area contributed by atoms with Crippen LogP contribution in [0.5, 0.6) is 0 Å². The maximum absolute atomic E-state index is 13.0. The summed E-state index contributed by atoms with van der Waals surface area (Å²) in [6.07, 6.45) is 5.40. The fourth-order valence-corrected chi connectivity index (χ4v) is 3.71. The minimum Gasteiger partial charge on any atom is -0.374 e. The van der Waals surface area contributed by atoms with E-state index < -0.39 is 0 Å². The molecule has 120 valence electrons. The van der Waals surface area contributed by atoms with Gasteiger partial charge in [0.05, 0.1) is 18.8 Å². The summed E-state index contributed by atoms with van der Waals surface area (Å²) in [5.41, 5.74) is 1.01. The number of halogens is 1. The normalized spacial score (nSPS) is 26.4. The third kappa shape index (κ3) is 3.32. The van der Waals surface area contributed by atoms with E-state index in [4.69, 9.17) is 4.74 Å². The van der Waals surface area contributed by atoms with E-state index in [2.05, 4.69) is 0 Å². The first-order valence-electron chi connectivity index (χ1n) is 8.31. The Kier molecular flexibility index (Phi) is 4.77. The zero-order chi connectivity index (χ0) is 15.5. The largest absolute Gasteiger partial charge is 0.374 e. The van der Waals surface area contributed by atoms with E-state index in [9.17, 15) is 9.18 Å². The number of carbonyl (C=O) groups is 1. The van der Waals surface area contributed by atoms with Crippen LogP contribution in [-0.4, -0.2) is 36.1 Å². The second-order valence-corrected chi connectivity index (χ2v) is 6.52. The Bertz CT molecular complexity index is 514. The lowest BCUT2D eigenvalue weighted by atomic mass is 9.89. The molecule has 3 atom stereocenters. The molecule has 3 nitrogen and oxygen atoms in total. The summed E-state index contributed by atoms with van der Waals surface area (Å²) in [7, 11) is 0. The fraction of sp³-hybridized carbons (Fsp3) is 0.611. The molecule has 1 aromatic carbocycles. The van der Waals surface area contributed by atoms with Gasteiger partial charge in [0.25, 0.3) is 0 Å². The molecular weight excluding hydrogens is 281 g/mol. The van der Waals surface area contributed by atoms with Crippen LogP contribution in [0, 0.1) is 11.7 Å². The SMILES string of the molecule is CC(Cc1ccc(F)cc1)C(=O)N1CCOC2CCCCC21. The van der Waals surface area contributed by atoms with Crippen LogP contribution in [0.15, 0.2) is 24.3 Å². The molecule has 22 heavy (non-hydrogen) atoms. The van der Waals surface area contributed by atoms with Gasteiger partial charge in [0.1, 0.15) is 5.82 Å². The van der Waals surface area contributed by atoms with Crippen molar-refractivity contribution in [1.82, 2.24) is 4.90 Å². The van der Waals surface area contributed by atoms with Crippen molar-refractivity contribution in [3.63, 3.8) is 0 Å². The summed E-state index contributed by atoms with van der Waals surface area (Å²) >= 11 is 0. The lowest BCUT2D eigenvalue weighted by molar-refractivity contribution is -0.153. The molecule has 2 aliphatic rings. The van der Waals surface area contributed by atoms with E-state index in [0.29, 0.717) is 19.6 Å². The van der Waals surface area contributed by atoms with Crippen molar-refractivity contribution >= 4 is 5.91 Å². The summed E-state index contributed by atoms with van der Waals surface area (Å²) in [6.45, 7) is 3.32. The van der Waals surface area contributed by atoms with Gasteiger partial charge in [0, 0.05) is 12.5 Å². The standard InChI is InChI=1S/C18H24FNO2/c1-13(12-14-6-8-15(19)9-7-14)18(21)20-10-11-22-17-5-3-2-4-16(17)20/h6-9,13,16-17H,2-5,10-12H2,1H3. The van der Waals surface area contributed by atoms with E-state index in [1.165, 1.54) is 25.0 Å². The maximum atomic E-state index is 13.0. The lowest BCUT2D eigenvalue weighted by Gasteiger charge is -2.44. The predicted molar refractivity (Wildman–Crippen MR) is 83.0 cm³/mol. The molecular formula is C18H24FNO2. The van der Waals surface area contributed by atoms with Crippen molar-refractivity contribution in [3.05, 3.63) is 35.6 Å². The number of hydrogen-bond acceptors (Lipinski definition) is 2. The molecule has 2 fully saturated rings. The topological polar surface area (TPSA) is 29.5 Å². The van der Waals surface area contributed by atoms with Gasteiger partial charge in [-0.15, -0.1) is 0 Å². The first-order valence-corrected chi connectivity index (χ1v) is 8.31. The highest BCUT2D eigenvalue weighted by Gasteiger charge is 2.37. The molecule has 1 heterocycles. The van der Waals surface area contributed by atoms with E-state index >= 15 is 0 Å². The molecule has 0 bridgehead atoms. The van der Waals surface area contributed by atoms with Crippen LogP contribution in [0.2, 0.25) is 0 Å². The molecule has 1 aliphatic heterocycles. The van der Waals surface area contributed by atoms with Gasteiger partial charge in [-0.3, -0.25) is 4.79 Å². The quantitative estimate of drug-likeness (QED) is 0.858. The maximum Gasteiger partial charge on any atom is 0.226 e. The number of ether oxygens (including phenoxy) is 1. The van der Waals surface area contributed by atoms with Crippen molar-refractivity contribution in [2.45, 2.75) is 51.2 Å². The van der Waals surface area contributed by atoms with Gasteiger partial charge in [-0.05, 0) is 37.0 Å². The third-order valence-electron chi connectivity index (χ3n) is 4.89. The molecule has 1 amide bonds. The smallest absolute Gasteiger partial charge is 0.226 e. The predicted octanol–water partition coefficient (Wildman–Crippen LogP) is 3.17. The number of hydrogen-bond donors (Lipinski definition) is 0. The molecule has 4 heteroatoms. The van der Waals surface area contributed by atoms with Crippen molar-refractivity contribution in [3.8, 4) is 0 Å². The Morgan fingerprint density at radius 1 is 1.32 bits per heavy atom. The number of benzene rings is 1. The number of carbonyl (C=O) groups excluding carboxylic acids is 1. The van der Waals surface area contributed by atoms with E-state index in [1.807, 2.05) is 11.8 Å². The van der Waals surface area contributed by atoms with Crippen LogP contribution in [0.3, 0.4) is 0 Å². The Balaban J connectivity index is 1.65. The molecule has 1 aromatic rings. The molecule has 0 spiro atoms. The van der Waals surface area contributed by atoms with E-state index in [0.717, 1.165) is 18.4 Å². The third-order valence-corrected chi connectivity index (χ3v) is 4.89. The summed E-state index contributed by atoms with van der Waals surface area (Å²) < 4.78 is 18.8. The highest BCUT2D eigenvalue weighted by atomic mass is 19.1. The minimum atomic E-state index is -0.235. The molecule has 0 N–H and O–H groups in total. The lowest BCUT2D eigenvalue weighted by Crippen LogP contribution is -2.56. The van der Waals surface area contributed by atoms with E-state index in [1.54, 1.807) is 12.1 Å². The van der Waals surface area contributed by atoms with E-state index in [-0.39, 0.29) is 29.8 Å². The van der Waals surface area contributed by atoms with Crippen molar-refractivity contribution < 1.29 is 13.9 Å². The molecule has 1 saturated carbocycles. The van der Waals surface area contributed by atoms with Gasteiger partial charge in [-0.1, -0.05) is 31.9 Å². The van der Waals surface area contributed by atoms with Gasteiger partial charge >= 0.3 is 0 Å². The van der Waals surface area contributed by atoms with Gasteiger partial charge in [0.2, 0.25) is 5.91 Å². The monoisotopic (exact) mass is 305 g/mol. The summed E-state index contributed by atoms with van der Waals surface area (Å²) in [5.74, 6) is -0.100. The van der Waals surface area contributed by atoms with Gasteiger partial charge in [0.15, 0.2) is 0 Å². The number of nitrogens with zero attached hydrogens (tertiary/aromatic N) is 1. The zero-order valence-corrected chi connectivity index (χ0v) is 13.1. The van der Waals surface area contributed by atoms with Crippen LogP contribution in [0.25, 0.3) is 0 Å². The number of fused-ring (bicyclic) bond motifs is 1. The molecule has 1 aliphatic carbocycles. The number of rotatable bonds is 3. The Labute approximate surface area is 131 Å². The summed E-state index contributed by atoms with van der Waals surface area (Å²) in [6, 6.07) is 6.70. The molecule has 0 radical (unpaired) electrons. The van der Waals surface area contributed by atoms with Crippen molar-refractivity contribution in [1.29, 1.82) is 0 Å². The number of morpholine rings is 1. The van der Waals surface area contributed by atoms with Crippen molar-refractivity contribution in [2.75, 3.05) is 13.2 Å². The van der Waals surface area contributed by atoms with Crippen LogP contribution in [0.1, 0.15) is 38.2 Å². The van der Waals surface area contributed by atoms with Gasteiger partial charge in [-0.2, -0.15) is 0 Å². The first kappa shape index (κ1) is 15.5. The second kappa shape index (κ2) is 6.78. The molecule has 1 saturated heterocycles. The van der Waals surface area contributed by atoms with Gasteiger partial charge in [-0.25, -0.2) is 4.39 Å².